The number of unbranched alkanes of at least 4 members (excludes halogenated alkanes) is 2. The third-order valence-electron chi connectivity index (χ3n) is 5.62. The molecule has 0 radical (unpaired) electrons. The Bertz CT molecular complexity index is 482. The molecule has 5 heteroatoms. The highest BCUT2D eigenvalue weighted by Crippen LogP contribution is 2.12. The summed E-state index contributed by atoms with van der Waals surface area (Å²) < 4.78 is 0. The summed E-state index contributed by atoms with van der Waals surface area (Å²) in [5.74, 6) is 1.23. The van der Waals surface area contributed by atoms with Crippen LogP contribution in [0.4, 0.5) is 0 Å². The van der Waals surface area contributed by atoms with Crippen molar-refractivity contribution in [1.29, 1.82) is 0 Å². The maximum absolute atomic E-state index is 4.82. The van der Waals surface area contributed by atoms with Gasteiger partial charge in [0.15, 0.2) is 0 Å². The van der Waals surface area contributed by atoms with Crippen LogP contribution in [-0.2, 0) is 0 Å². The topological polar surface area (TPSA) is 60.8 Å². The van der Waals surface area contributed by atoms with Crippen molar-refractivity contribution < 1.29 is 0 Å². The third-order valence-corrected chi connectivity index (χ3v) is 5.62. The van der Waals surface area contributed by atoms with Crippen LogP contribution in [0.25, 0.3) is 0 Å². The number of allylic oxidation sites excluding steroid dienone is 1. The van der Waals surface area contributed by atoms with Crippen LogP contribution in [0.2, 0.25) is 0 Å². The van der Waals surface area contributed by atoms with Crippen LogP contribution in [0.1, 0.15) is 92.9 Å². The van der Waals surface area contributed by atoms with Crippen LogP contribution in [0.15, 0.2) is 21.1 Å². The summed E-state index contributed by atoms with van der Waals surface area (Å²) in [7, 11) is 2.00. The second-order valence-corrected chi connectivity index (χ2v) is 8.02. The number of guanidine groups is 1. The van der Waals surface area contributed by atoms with Gasteiger partial charge in [0.05, 0.1) is 13.2 Å². The van der Waals surface area contributed by atoms with E-state index in [1.807, 2.05) is 7.05 Å². The minimum absolute atomic E-state index is 0.481. The van der Waals surface area contributed by atoms with Gasteiger partial charge in [-0.15, -0.1) is 0 Å². The van der Waals surface area contributed by atoms with Gasteiger partial charge >= 0.3 is 0 Å². The zero-order valence-corrected chi connectivity index (χ0v) is 20.4. The summed E-state index contributed by atoms with van der Waals surface area (Å²) in [6.45, 7) is 15.8. The second-order valence-electron chi connectivity index (χ2n) is 8.02. The summed E-state index contributed by atoms with van der Waals surface area (Å²) in [4.78, 5) is 9.55. The Kier molecular flexibility index (Phi) is 18.0. The molecule has 0 aliphatic heterocycles. The van der Waals surface area contributed by atoms with Gasteiger partial charge in [0, 0.05) is 12.3 Å². The van der Waals surface area contributed by atoms with Crippen LogP contribution >= 0.6 is 0 Å². The number of nitrogens with zero attached hydrogens (tertiary/aromatic N) is 2. The van der Waals surface area contributed by atoms with Crippen molar-refractivity contribution in [2.24, 2.45) is 15.9 Å². The van der Waals surface area contributed by atoms with Crippen LogP contribution in [0.3, 0.4) is 0 Å². The molecule has 0 aromatic heterocycles. The fourth-order valence-corrected chi connectivity index (χ4v) is 3.11. The van der Waals surface area contributed by atoms with Gasteiger partial charge in [-0.25, -0.2) is 9.98 Å². The molecule has 0 amide bonds. The lowest BCUT2D eigenvalue weighted by molar-refractivity contribution is 0.483. The molecule has 0 spiro atoms. The van der Waals surface area contributed by atoms with Crippen molar-refractivity contribution in [2.75, 3.05) is 26.8 Å². The molecule has 0 aliphatic carbocycles. The minimum atomic E-state index is 0.481. The largest absolute Gasteiger partial charge is 0.342 e. The lowest BCUT2D eigenvalue weighted by atomic mass is 10.0. The molecule has 0 aromatic carbocycles. The number of hydrogen-bond acceptors (Lipinski definition) is 3. The molecule has 0 fully saturated rings. The van der Waals surface area contributed by atoms with Gasteiger partial charge in [-0.2, -0.15) is 0 Å². The molecule has 29 heavy (non-hydrogen) atoms. The van der Waals surface area contributed by atoms with E-state index in [4.69, 9.17) is 9.98 Å². The first kappa shape index (κ1) is 27.8. The SMILES string of the molecule is CCCCCC(C)NCNC(N=CC(CC)CCNC)=NCC(CC)=C(C)CC. The van der Waals surface area contributed by atoms with Crippen LogP contribution in [0.5, 0.6) is 0 Å². The maximum Gasteiger partial charge on any atom is 0.218 e. The van der Waals surface area contributed by atoms with E-state index in [-0.39, 0.29) is 0 Å². The molecular formula is C24H49N5. The number of nitrogens with one attached hydrogen (secondary N) is 3. The predicted molar refractivity (Wildman–Crippen MR) is 131 cm³/mol. The molecule has 170 valence electrons. The van der Waals surface area contributed by atoms with E-state index < -0.39 is 0 Å². The molecule has 2 atom stereocenters. The second kappa shape index (κ2) is 18.8. The van der Waals surface area contributed by atoms with Crippen molar-refractivity contribution >= 4 is 12.2 Å². The van der Waals surface area contributed by atoms with Crippen LogP contribution in [0, 0.1) is 5.92 Å². The van der Waals surface area contributed by atoms with E-state index in [0.717, 1.165) is 44.7 Å². The monoisotopic (exact) mass is 407 g/mol. The highest BCUT2D eigenvalue weighted by Gasteiger charge is 2.05. The fraction of sp³-hybridized carbons (Fsp3) is 0.833. The molecular weight excluding hydrogens is 358 g/mol. The Labute approximate surface area is 181 Å². The average molecular weight is 408 g/mol. The molecule has 0 heterocycles. The lowest BCUT2D eigenvalue weighted by Crippen LogP contribution is -2.38. The molecule has 0 aliphatic rings. The number of rotatable bonds is 16. The van der Waals surface area contributed by atoms with Crippen molar-refractivity contribution in [2.45, 2.75) is 99.0 Å². The van der Waals surface area contributed by atoms with Crippen LogP contribution < -0.4 is 16.0 Å². The third kappa shape index (κ3) is 14.4. The number of hydrogen-bond donors (Lipinski definition) is 3. The lowest BCUT2D eigenvalue weighted by Gasteiger charge is -2.15. The predicted octanol–water partition coefficient (Wildman–Crippen LogP) is 5.29. The molecule has 0 bridgehead atoms. The van der Waals surface area contributed by atoms with Crippen LogP contribution in [-0.4, -0.2) is 45.0 Å². The Balaban J connectivity index is 4.97. The average Bonchev–Trinajstić information content (AvgIpc) is 2.73. The molecule has 3 N–H and O–H groups in total. The van der Waals surface area contributed by atoms with Gasteiger partial charge in [0.25, 0.3) is 0 Å². The van der Waals surface area contributed by atoms with Crippen molar-refractivity contribution in [3.8, 4) is 0 Å². The Morgan fingerprint density at radius 1 is 1.03 bits per heavy atom. The van der Waals surface area contributed by atoms with Gasteiger partial charge in [-0.05, 0) is 65.5 Å². The normalized spacial score (nSPS) is 15.5. The fourth-order valence-electron chi connectivity index (χ4n) is 3.11. The molecule has 0 rings (SSSR count). The molecule has 0 saturated carbocycles. The zero-order chi connectivity index (χ0) is 21.9. The van der Waals surface area contributed by atoms with Crippen molar-refractivity contribution in [1.82, 2.24) is 16.0 Å². The van der Waals surface area contributed by atoms with Gasteiger partial charge in [0.2, 0.25) is 5.96 Å². The Morgan fingerprint density at radius 2 is 1.79 bits per heavy atom. The van der Waals surface area contributed by atoms with Gasteiger partial charge in [-0.1, -0.05) is 58.1 Å². The molecule has 2 unspecified atom stereocenters. The molecule has 5 nitrogen and oxygen atoms in total. The minimum Gasteiger partial charge on any atom is -0.342 e. The van der Waals surface area contributed by atoms with E-state index in [1.54, 1.807) is 0 Å². The smallest absolute Gasteiger partial charge is 0.218 e. The van der Waals surface area contributed by atoms with Gasteiger partial charge < -0.3 is 10.6 Å². The van der Waals surface area contributed by atoms with E-state index in [2.05, 4.69) is 63.7 Å². The summed E-state index contributed by atoms with van der Waals surface area (Å²) in [5, 5.41) is 10.2. The summed E-state index contributed by atoms with van der Waals surface area (Å²) in [5.41, 5.74) is 2.87. The van der Waals surface area contributed by atoms with E-state index in [0.29, 0.717) is 18.6 Å². The number of aliphatic imine (C=N–C) groups is 2. The van der Waals surface area contributed by atoms with Crippen molar-refractivity contribution in [3.05, 3.63) is 11.1 Å². The zero-order valence-electron chi connectivity index (χ0n) is 20.4. The highest BCUT2D eigenvalue weighted by atomic mass is 15.2. The standard InChI is InChI=1S/C24H49N5/c1-8-12-13-14-21(6)28-19-29-24(26-17-22(10-3)15-16-25-7)27-18-23(11-4)20(5)9-2/h17,21-22,25,28H,8-16,18-19H2,1-7H3,(H,27,29). The van der Waals surface area contributed by atoms with Gasteiger partial charge in [-0.3, -0.25) is 5.32 Å². The summed E-state index contributed by atoms with van der Waals surface area (Å²) in [6.07, 6.45) is 11.5. The molecule has 0 aromatic rings. The summed E-state index contributed by atoms with van der Waals surface area (Å²) in [6, 6.07) is 0.506. The van der Waals surface area contributed by atoms with Gasteiger partial charge in [0.1, 0.15) is 0 Å². The maximum atomic E-state index is 4.82. The van der Waals surface area contributed by atoms with E-state index >= 15 is 0 Å². The van der Waals surface area contributed by atoms with E-state index in [9.17, 15) is 0 Å². The summed E-state index contributed by atoms with van der Waals surface area (Å²) >= 11 is 0. The first-order valence-corrected chi connectivity index (χ1v) is 11.9. The Morgan fingerprint density at radius 3 is 2.38 bits per heavy atom. The first-order chi connectivity index (χ1) is 14.0. The first-order valence-electron chi connectivity index (χ1n) is 11.9. The molecule has 0 saturated heterocycles. The van der Waals surface area contributed by atoms with Crippen molar-refractivity contribution in [3.63, 3.8) is 0 Å². The van der Waals surface area contributed by atoms with E-state index in [1.165, 1.54) is 36.8 Å². The Hall–Kier alpha value is -1.20. The quantitative estimate of drug-likeness (QED) is 0.107. The highest BCUT2D eigenvalue weighted by molar-refractivity contribution is 5.88.